The summed E-state index contributed by atoms with van der Waals surface area (Å²) >= 11 is 0. The van der Waals surface area contributed by atoms with E-state index in [2.05, 4.69) is 60.0 Å². The van der Waals surface area contributed by atoms with E-state index in [9.17, 15) is 9.59 Å². The van der Waals surface area contributed by atoms with E-state index >= 15 is 0 Å². The van der Waals surface area contributed by atoms with E-state index in [4.69, 9.17) is 5.11 Å². The minimum absolute atomic E-state index is 0.00451. The van der Waals surface area contributed by atoms with Gasteiger partial charge in [-0.2, -0.15) is 0 Å². The first-order chi connectivity index (χ1) is 14.5. The Hall–Kier alpha value is -3.18. The van der Waals surface area contributed by atoms with Gasteiger partial charge in [0.25, 0.3) is 0 Å². The highest BCUT2D eigenvalue weighted by molar-refractivity contribution is 5.88. The van der Waals surface area contributed by atoms with Crippen molar-refractivity contribution in [3.05, 3.63) is 83.4 Å². The Morgan fingerprint density at radius 1 is 1.03 bits per heavy atom. The minimum Gasteiger partial charge on any atom is -0.478 e. The quantitative estimate of drug-likeness (QED) is 0.551. The molecule has 3 N–H and O–H groups in total. The highest BCUT2D eigenvalue weighted by Gasteiger charge is 2.35. The van der Waals surface area contributed by atoms with Crippen molar-refractivity contribution in [2.45, 2.75) is 38.4 Å². The molecule has 0 aromatic heterocycles. The first kappa shape index (κ1) is 20.1. The SMILES string of the molecule is C[C@@H](NC1CC(C(=O)NCc2cccc(C(=O)O)c2)C1)c1cccc2ccccc12. The van der Waals surface area contributed by atoms with Crippen molar-refractivity contribution in [1.29, 1.82) is 0 Å². The predicted octanol–water partition coefficient (Wildman–Crippen LogP) is 4.28. The average Bonchev–Trinajstić information content (AvgIpc) is 2.74. The van der Waals surface area contributed by atoms with E-state index in [0.717, 1.165) is 18.4 Å². The molecule has 1 aliphatic rings. The van der Waals surface area contributed by atoms with Crippen LogP contribution in [-0.2, 0) is 11.3 Å². The summed E-state index contributed by atoms with van der Waals surface area (Å²) in [6.07, 6.45) is 1.63. The summed E-state index contributed by atoms with van der Waals surface area (Å²) in [5.41, 5.74) is 2.30. The van der Waals surface area contributed by atoms with Crippen LogP contribution < -0.4 is 10.6 Å². The molecular formula is C25H26N2O3. The molecule has 5 nitrogen and oxygen atoms in total. The highest BCUT2D eigenvalue weighted by atomic mass is 16.4. The van der Waals surface area contributed by atoms with E-state index in [1.54, 1.807) is 18.2 Å². The molecule has 3 aromatic carbocycles. The van der Waals surface area contributed by atoms with Gasteiger partial charge in [-0.3, -0.25) is 4.79 Å². The van der Waals surface area contributed by atoms with Crippen LogP contribution in [0.4, 0.5) is 0 Å². The highest BCUT2D eigenvalue weighted by Crippen LogP contribution is 2.31. The maximum atomic E-state index is 12.4. The van der Waals surface area contributed by atoms with Crippen LogP contribution in [0, 0.1) is 5.92 Å². The molecule has 3 aromatic rings. The van der Waals surface area contributed by atoms with Crippen LogP contribution in [0.2, 0.25) is 0 Å². The number of rotatable bonds is 7. The average molecular weight is 402 g/mol. The molecule has 154 valence electrons. The number of aromatic carboxylic acids is 1. The van der Waals surface area contributed by atoms with Gasteiger partial charge in [0.1, 0.15) is 0 Å². The van der Waals surface area contributed by atoms with Crippen LogP contribution in [0.5, 0.6) is 0 Å². The number of amides is 1. The molecule has 1 aliphatic carbocycles. The standard InChI is InChI=1S/C25H26N2O3/c1-16(22-11-5-8-18-7-2-3-10-23(18)22)27-21-13-20(14-21)24(28)26-15-17-6-4-9-19(12-17)25(29)30/h2-12,16,20-21,27H,13-15H2,1H3,(H,26,28)(H,29,30)/t16-,20?,21?/m1/s1. The van der Waals surface area contributed by atoms with Gasteiger partial charge in [-0.25, -0.2) is 4.79 Å². The van der Waals surface area contributed by atoms with E-state index < -0.39 is 5.97 Å². The summed E-state index contributed by atoms with van der Waals surface area (Å²) in [4.78, 5) is 23.5. The fourth-order valence-corrected chi connectivity index (χ4v) is 4.19. The van der Waals surface area contributed by atoms with Gasteiger partial charge in [0, 0.05) is 24.5 Å². The third kappa shape index (κ3) is 4.36. The molecule has 0 bridgehead atoms. The lowest BCUT2D eigenvalue weighted by atomic mass is 9.79. The largest absolute Gasteiger partial charge is 0.478 e. The zero-order chi connectivity index (χ0) is 21.1. The summed E-state index contributed by atoms with van der Waals surface area (Å²) in [5, 5.41) is 18.2. The predicted molar refractivity (Wildman–Crippen MR) is 117 cm³/mol. The Morgan fingerprint density at radius 3 is 2.57 bits per heavy atom. The Kier molecular flexibility index (Phi) is 5.81. The number of nitrogens with one attached hydrogen (secondary N) is 2. The second-order valence-electron chi connectivity index (χ2n) is 8.05. The Labute approximate surface area is 176 Å². The Balaban J connectivity index is 1.28. The lowest BCUT2D eigenvalue weighted by Crippen LogP contribution is -2.48. The second-order valence-corrected chi connectivity index (χ2v) is 8.05. The molecule has 4 rings (SSSR count). The molecular weight excluding hydrogens is 376 g/mol. The van der Waals surface area contributed by atoms with Crippen molar-refractivity contribution in [2.75, 3.05) is 0 Å². The van der Waals surface area contributed by atoms with E-state index in [-0.39, 0.29) is 23.4 Å². The molecule has 0 saturated heterocycles. The zero-order valence-corrected chi connectivity index (χ0v) is 17.0. The van der Waals surface area contributed by atoms with Crippen molar-refractivity contribution >= 4 is 22.6 Å². The van der Waals surface area contributed by atoms with Crippen LogP contribution in [0.1, 0.15) is 47.3 Å². The van der Waals surface area contributed by atoms with E-state index in [1.807, 2.05) is 6.07 Å². The molecule has 1 amide bonds. The van der Waals surface area contributed by atoms with Gasteiger partial charge >= 0.3 is 5.97 Å². The smallest absolute Gasteiger partial charge is 0.335 e. The molecule has 1 saturated carbocycles. The zero-order valence-electron chi connectivity index (χ0n) is 17.0. The summed E-state index contributed by atoms with van der Waals surface area (Å²) in [6, 6.07) is 22.0. The van der Waals surface area contributed by atoms with Gasteiger partial charge in [-0.1, -0.05) is 54.6 Å². The molecule has 1 fully saturated rings. The Bertz CT molecular complexity index is 1070. The third-order valence-electron chi connectivity index (χ3n) is 5.93. The van der Waals surface area contributed by atoms with Gasteiger partial charge in [-0.15, -0.1) is 0 Å². The normalized spacial score (nSPS) is 19.1. The summed E-state index contributed by atoms with van der Waals surface area (Å²) in [7, 11) is 0. The summed E-state index contributed by atoms with van der Waals surface area (Å²) in [6.45, 7) is 2.52. The number of carbonyl (C=O) groups excluding carboxylic acids is 1. The summed E-state index contributed by atoms with van der Waals surface area (Å²) in [5.74, 6) is -0.923. The van der Waals surface area contributed by atoms with E-state index in [0.29, 0.717) is 12.6 Å². The number of hydrogen-bond donors (Lipinski definition) is 3. The van der Waals surface area contributed by atoms with Gasteiger partial charge in [0.15, 0.2) is 0 Å². The molecule has 0 spiro atoms. The molecule has 0 radical (unpaired) electrons. The molecule has 0 heterocycles. The van der Waals surface area contributed by atoms with Gasteiger partial charge in [0.2, 0.25) is 5.91 Å². The topological polar surface area (TPSA) is 78.4 Å². The molecule has 30 heavy (non-hydrogen) atoms. The maximum Gasteiger partial charge on any atom is 0.335 e. The van der Waals surface area contributed by atoms with Crippen molar-refractivity contribution < 1.29 is 14.7 Å². The van der Waals surface area contributed by atoms with E-state index in [1.165, 1.54) is 16.3 Å². The monoisotopic (exact) mass is 402 g/mol. The van der Waals surface area contributed by atoms with Crippen molar-refractivity contribution in [2.24, 2.45) is 5.92 Å². The first-order valence-electron chi connectivity index (χ1n) is 10.3. The molecule has 0 unspecified atom stereocenters. The third-order valence-corrected chi connectivity index (χ3v) is 5.93. The number of carboxylic acid groups (broad SMARTS) is 1. The minimum atomic E-state index is -0.962. The second kappa shape index (κ2) is 8.67. The van der Waals surface area contributed by atoms with Crippen LogP contribution in [-0.4, -0.2) is 23.0 Å². The van der Waals surface area contributed by atoms with Gasteiger partial charge in [-0.05, 0) is 53.8 Å². The number of fused-ring (bicyclic) bond motifs is 1. The fraction of sp³-hybridized carbons (Fsp3) is 0.280. The first-order valence-corrected chi connectivity index (χ1v) is 10.3. The Morgan fingerprint density at radius 2 is 1.77 bits per heavy atom. The van der Waals surface area contributed by atoms with Crippen LogP contribution in [0.25, 0.3) is 10.8 Å². The number of hydrogen-bond acceptors (Lipinski definition) is 3. The molecule has 5 heteroatoms. The fourth-order valence-electron chi connectivity index (χ4n) is 4.19. The van der Waals surface area contributed by atoms with Crippen molar-refractivity contribution in [3.63, 3.8) is 0 Å². The number of benzene rings is 3. The summed E-state index contributed by atoms with van der Waals surface area (Å²) < 4.78 is 0. The number of carbonyl (C=O) groups is 2. The van der Waals surface area contributed by atoms with Gasteiger partial charge in [0.05, 0.1) is 5.56 Å². The van der Waals surface area contributed by atoms with Crippen LogP contribution in [0.3, 0.4) is 0 Å². The maximum absolute atomic E-state index is 12.4. The van der Waals surface area contributed by atoms with Crippen LogP contribution >= 0.6 is 0 Å². The lowest BCUT2D eigenvalue weighted by molar-refractivity contribution is -0.128. The van der Waals surface area contributed by atoms with Gasteiger partial charge < -0.3 is 15.7 Å². The van der Waals surface area contributed by atoms with Crippen molar-refractivity contribution in [1.82, 2.24) is 10.6 Å². The lowest BCUT2D eigenvalue weighted by Gasteiger charge is -2.37. The molecule has 0 aliphatic heterocycles. The number of carboxylic acids is 1. The van der Waals surface area contributed by atoms with Crippen LogP contribution in [0.15, 0.2) is 66.7 Å². The molecule has 1 atom stereocenters. The van der Waals surface area contributed by atoms with Crippen molar-refractivity contribution in [3.8, 4) is 0 Å².